The summed E-state index contributed by atoms with van der Waals surface area (Å²) in [5.74, 6) is 2.10. The minimum absolute atomic E-state index is 0.471. The van der Waals surface area contributed by atoms with Crippen molar-refractivity contribution in [1.29, 1.82) is 5.26 Å². The molecule has 118 valence electrons. The average Bonchev–Trinajstić information content (AvgIpc) is 3.31. The lowest BCUT2D eigenvalue weighted by atomic mass is 10.1. The van der Waals surface area contributed by atoms with Gasteiger partial charge in [-0.25, -0.2) is 4.98 Å². The molecule has 6 heteroatoms. The van der Waals surface area contributed by atoms with Gasteiger partial charge in [-0.3, -0.25) is 0 Å². The molecule has 24 heavy (non-hydrogen) atoms. The molecule has 0 amide bonds. The number of nitriles is 1. The van der Waals surface area contributed by atoms with E-state index >= 15 is 0 Å². The van der Waals surface area contributed by atoms with Gasteiger partial charge in [0.1, 0.15) is 30.1 Å². The van der Waals surface area contributed by atoms with E-state index in [1.807, 2.05) is 23.6 Å². The Hall–Kier alpha value is -3.04. The molecule has 0 aliphatic carbocycles. The van der Waals surface area contributed by atoms with Gasteiger partial charge in [0.25, 0.3) is 0 Å². The number of allylic oxidation sites excluding steroid dienone is 1. The van der Waals surface area contributed by atoms with Crippen LogP contribution in [0.25, 0.3) is 22.9 Å². The molecule has 1 aromatic carbocycles. The molecule has 0 fully saturated rings. The van der Waals surface area contributed by atoms with Gasteiger partial charge in [0.2, 0.25) is 0 Å². The third-order valence-corrected chi connectivity index (χ3v) is 4.40. The molecule has 0 bridgehead atoms. The normalized spacial score (nSPS) is 13.5. The van der Waals surface area contributed by atoms with Crippen molar-refractivity contribution in [1.82, 2.24) is 4.98 Å². The molecule has 0 saturated heterocycles. The zero-order valence-electron chi connectivity index (χ0n) is 12.6. The maximum Gasteiger partial charge on any atom is 0.162 e. The summed E-state index contributed by atoms with van der Waals surface area (Å²) >= 11 is 1.42. The zero-order valence-corrected chi connectivity index (χ0v) is 13.4. The van der Waals surface area contributed by atoms with E-state index in [1.54, 1.807) is 24.5 Å². The van der Waals surface area contributed by atoms with Crippen molar-refractivity contribution >= 4 is 23.0 Å². The number of ether oxygens (including phenoxy) is 2. The highest BCUT2D eigenvalue weighted by Crippen LogP contribution is 2.35. The summed E-state index contributed by atoms with van der Waals surface area (Å²) in [6.45, 7) is 1.11. The Labute approximate surface area is 142 Å². The Morgan fingerprint density at radius 1 is 1.21 bits per heavy atom. The van der Waals surface area contributed by atoms with E-state index < -0.39 is 0 Å². The van der Waals surface area contributed by atoms with Gasteiger partial charge in [-0.1, -0.05) is 0 Å². The number of aromatic nitrogens is 1. The first-order valence-electron chi connectivity index (χ1n) is 7.35. The minimum atomic E-state index is 0.471. The molecule has 1 aliphatic rings. The van der Waals surface area contributed by atoms with Crippen LogP contribution in [0.3, 0.4) is 0 Å². The zero-order chi connectivity index (χ0) is 16.4. The van der Waals surface area contributed by atoms with Crippen LogP contribution in [0, 0.1) is 11.3 Å². The number of furan rings is 1. The number of hydrogen-bond donors (Lipinski definition) is 0. The van der Waals surface area contributed by atoms with Crippen LogP contribution >= 0.6 is 11.3 Å². The summed E-state index contributed by atoms with van der Waals surface area (Å²) in [5.41, 5.74) is 2.20. The SMILES string of the molecule is N#C/C(=C/c1ccco1)c1nc(-c2ccc3c(c2)OCCO3)cs1. The molecule has 0 N–H and O–H groups in total. The Morgan fingerprint density at radius 2 is 2.08 bits per heavy atom. The van der Waals surface area contributed by atoms with Crippen LogP contribution in [0.2, 0.25) is 0 Å². The Balaban J connectivity index is 1.66. The van der Waals surface area contributed by atoms with Crippen molar-refractivity contribution < 1.29 is 13.9 Å². The first-order valence-corrected chi connectivity index (χ1v) is 8.23. The lowest BCUT2D eigenvalue weighted by Crippen LogP contribution is -2.15. The average molecular weight is 336 g/mol. The Kier molecular flexibility index (Phi) is 3.77. The van der Waals surface area contributed by atoms with Crippen LogP contribution in [-0.4, -0.2) is 18.2 Å². The van der Waals surface area contributed by atoms with Crippen molar-refractivity contribution in [2.75, 3.05) is 13.2 Å². The van der Waals surface area contributed by atoms with E-state index in [2.05, 4.69) is 11.1 Å². The van der Waals surface area contributed by atoms with Crippen LogP contribution in [0.15, 0.2) is 46.4 Å². The van der Waals surface area contributed by atoms with Gasteiger partial charge < -0.3 is 13.9 Å². The summed E-state index contributed by atoms with van der Waals surface area (Å²) in [4.78, 5) is 4.57. The molecule has 2 aromatic heterocycles. The van der Waals surface area contributed by atoms with Crippen molar-refractivity contribution in [2.24, 2.45) is 0 Å². The molecule has 3 aromatic rings. The maximum absolute atomic E-state index is 9.39. The molecule has 0 saturated carbocycles. The third kappa shape index (κ3) is 2.77. The van der Waals surface area contributed by atoms with Crippen molar-refractivity contribution in [3.05, 3.63) is 52.7 Å². The maximum atomic E-state index is 9.39. The number of benzene rings is 1. The second kappa shape index (κ2) is 6.22. The van der Waals surface area contributed by atoms with E-state index in [1.165, 1.54) is 11.3 Å². The first-order chi connectivity index (χ1) is 11.8. The summed E-state index contributed by atoms with van der Waals surface area (Å²) in [6, 6.07) is 11.5. The quantitative estimate of drug-likeness (QED) is 0.669. The van der Waals surface area contributed by atoms with E-state index in [0.717, 1.165) is 22.8 Å². The third-order valence-electron chi connectivity index (χ3n) is 3.52. The number of thiazole rings is 1. The first kappa shape index (κ1) is 14.5. The highest BCUT2D eigenvalue weighted by molar-refractivity contribution is 7.11. The minimum Gasteiger partial charge on any atom is -0.486 e. The summed E-state index contributed by atoms with van der Waals surface area (Å²) in [5, 5.41) is 12.0. The summed E-state index contributed by atoms with van der Waals surface area (Å²) in [7, 11) is 0. The van der Waals surface area contributed by atoms with Gasteiger partial charge in [-0.2, -0.15) is 5.26 Å². The molecule has 5 nitrogen and oxygen atoms in total. The molecule has 0 radical (unpaired) electrons. The van der Waals surface area contributed by atoms with Crippen LogP contribution in [0.5, 0.6) is 11.5 Å². The fraction of sp³-hybridized carbons (Fsp3) is 0.111. The predicted molar refractivity (Wildman–Crippen MR) is 90.7 cm³/mol. The van der Waals surface area contributed by atoms with Gasteiger partial charge in [0.15, 0.2) is 11.5 Å². The molecule has 0 atom stereocenters. The summed E-state index contributed by atoms with van der Waals surface area (Å²) in [6.07, 6.45) is 3.26. The van der Waals surface area contributed by atoms with Gasteiger partial charge >= 0.3 is 0 Å². The molecular formula is C18H12N2O3S. The Bertz CT molecular complexity index is 936. The fourth-order valence-electron chi connectivity index (χ4n) is 2.39. The lowest BCUT2D eigenvalue weighted by molar-refractivity contribution is 0.171. The number of fused-ring (bicyclic) bond motifs is 1. The fourth-order valence-corrected chi connectivity index (χ4v) is 3.18. The smallest absolute Gasteiger partial charge is 0.162 e. The standard InChI is InChI=1S/C18H12N2O3S/c19-10-13(8-14-2-1-5-21-14)18-20-15(11-24-18)12-3-4-16-17(9-12)23-7-6-22-16/h1-5,8-9,11H,6-7H2/b13-8-. The summed E-state index contributed by atoms with van der Waals surface area (Å²) < 4.78 is 16.4. The molecule has 0 unspecified atom stereocenters. The largest absolute Gasteiger partial charge is 0.486 e. The highest BCUT2D eigenvalue weighted by atomic mass is 32.1. The molecular weight excluding hydrogens is 324 g/mol. The van der Waals surface area contributed by atoms with Crippen LogP contribution in [-0.2, 0) is 0 Å². The molecule has 1 aliphatic heterocycles. The number of rotatable bonds is 3. The van der Waals surface area contributed by atoms with Crippen molar-refractivity contribution in [3.8, 4) is 28.8 Å². The Morgan fingerprint density at radius 3 is 2.88 bits per heavy atom. The van der Waals surface area contributed by atoms with Crippen molar-refractivity contribution in [3.63, 3.8) is 0 Å². The second-order valence-electron chi connectivity index (χ2n) is 5.08. The van der Waals surface area contributed by atoms with Gasteiger partial charge in [0.05, 0.1) is 17.5 Å². The highest BCUT2D eigenvalue weighted by Gasteiger charge is 2.15. The second-order valence-corrected chi connectivity index (χ2v) is 5.94. The molecule has 0 spiro atoms. The molecule has 3 heterocycles. The number of hydrogen-bond acceptors (Lipinski definition) is 6. The van der Waals surface area contributed by atoms with E-state index in [0.29, 0.717) is 29.6 Å². The van der Waals surface area contributed by atoms with Crippen LogP contribution in [0.4, 0.5) is 0 Å². The topological polar surface area (TPSA) is 68.3 Å². The number of nitrogens with zero attached hydrogens (tertiary/aromatic N) is 2. The van der Waals surface area contributed by atoms with Crippen molar-refractivity contribution in [2.45, 2.75) is 0 Å². The van der Waals surface area contributed by atoms with E-state index in [-0.39, 0.29) is 0 Å². The monoisotopic (exact) mass is 336 g/mol. The van der Waals surface area contributed by atoms with E-state index in [9.17, 15) is 5.26 Å². The van der Waals surface area contributed by atoms with E-state index in [4.69, 9.17) is 13.9 Å². The van der Waals surface area contributed by atoms with Gasteiger partial charge in [-0.15, -0.1) is 11.3 Å². The van der Waals surface area contributed by atoms with Crippen LogP contribution < -0.4 is 9.47 Å². The lowest BCUT2D eigenvalue weighted by Gasteiger charge is -2.18. The predicted octanol–water partition coefficient (Wildman–Crippen LogP) is 4.24. The molecule has 4 rings (SSSR count). The van der Waals surface area contributed by atoms with Crippen LogP contribution in [0.1, 0.15) is 10.8 Å². The van der Waals surface area contributed by atoms with Gasteiger partial charge in [0, 0.05) is 17.0 Å². The van der Waals surface area contributed by atoms with Gasteiger partial charge in [-0.05, 0) is 30.3 Å².